The molecule has 0 aliphatic heterocycles. The highest BCUT2D eigenvalue weighted by atomic mass is 14.2. The maximum Gasteiger partial charge on any atom is 0.0991 e. The van der Waals surface area contributed by atoms with E-state index in [1.54, 1.807) is 6.07 Å². The Labute approximate surface area is 83.2 Å². The molecule has 0 amide bonds. The van der Waals surface area contributed by atoms with Crippen LogP contribution in [-0.4, -0.2) is 0 Å². The Morgan fingerprint density at radius 2 is 2.00 bits per heavy atom. The SMILES string of the molecule is N#Cc1cccc(-c2[c]cccc2)c1. The molecular formula is C13H8N. The normalized spacial score (nSPS) is 9.36. The first-order valence-corrected chi connectivity index (χ1v) is 4.37. The molecule has 0 spiro atoms. The van der Waals surface area contributed by atoms with Gasteiger partial charge in [-0.2, -0.15) is 5.26 Å². The van der Waals surface area contributed by atoms with Gasteiger partial charge in [-0.3, -0.25) is 0 Å². The van der Waals surface area contributed by atoms with Gasteiger partial charge in [0, 0.05) is 0 Å². The van der Waals surface area contributed by atoms with Gasteiger partial charge in [0.25, 0.3) is 0 Å². The van der Waals surface area contributed by atoms with Crippen molar-refractivity contribution in [2.75, 3.05) is 0 Å². The van der Waals surface area contributed by atoms with E-state index >= 15 is 0 Å². The highest BCUT2D eigenvalue weighted by Crippen LogP contribution is 2.18. The summed E-state index contributed by atoms with van der Waals surface area (Å²) in [6.07, 6.45) is 0. The average molecular weight is 178 g/mol. The molecule has 0 saturated carbocycles. The number of nitriles is 1. The Balaban J connectivity index is 2.49. The summed E-state index contributed by atoms with van der Waals surface area (Å²) in [6, 6.07) is 20.5. The molecule has 0 aromatic heterocycles. The van der Waals surface area contributed by atoms with E-state index < -0.39 is 0 Å². The van der Waals surface area contributed by atoms with Crippen molar-refractivity contribution < 1.29 is 0 Å². The largest absolute Gasteiger partial charge is 0.192 e. The maximum atomic E-state index is 8.75. The molecule has 14 heavy (non-hydrogen) atoms. The van der Waals surface area contributed by atoms with Gasteiger partial charge in [0.2, 0.25) is 0 Å². The lowest BCUT2D eigenvalue weighted by molar-refractivity contribution is 1.48. The number of rotatable bonds is 1. The molecule has 0 saturated heterocycles. The van der Waals surface area contributed by atoms with E-state index in [1.165, 1.54) is 0 Å². The van der Waals surface area contributed by atoms with Crippen LogP contribution in [0.3, 0.4) is 0 Å². The molecule has 0 atom stereocenters. The molecule has 0 bridgehead atoms. The monoisotopic (exact) mass is 178 g/mol. The van der Waals surface area contributed by atoms with E-state index in [-0.39, 0.29) is 0 Å². The van der Waals surface area contributed by atoms with Crippen molar-refractivity contribution in [3.05, 3.63) is 60.2 Å². The third-order valence-corrected chi connectivity index (χ3v) is 2.01. The van der Waals surface area contributed by atoms with Gasteiger partial charge in [-0.1, -0.05) is 36.4 Å². The third kappa shape index (κ3) is 1.65. The highest BCUT2D eigenvalue weighted by Gasteiger charge is 1.97. The number of nitrogens with zero attached hydrogens (tertiary/aromatic N) is 1. The smallest absolute Gasteiger partial charge is 0.0991 e. The lowest BCUT2D eigenvalue weighted by Gasteiger charge is -1.99. The Hall–Kier alpha value is -2.07. The van der Waals surface area contributed by atoms with E-state index in [2.05, 4.69) is 12.1 Å². The minimum atomic E-state index is 0.680. The molecule has 0 aliphatic carbocycles. The summed E-state index contributed by atoms with van der Waals surface area (Å²) in [4.78, 5) is 0. The molecule has 0 N–H and O–H groups in total. The van der Waals surface area contributed by atoms with Gasteiger partial charge >= 0.3 is 0 Å². The fourth-order valence-corrected chi connectivity index (χ4v) is 1.33. The molecule has 1 nitrogen and oxygen atoms in total. The van der Waals surface area contributed by atoms with Crippen LogP contribution in [0.15, 0.2) is 48.5 Å². The molecule has 1 radical (unpaired) electrons. The minimum Gasteiger partial charge on any atom is -0.192 e. The summed E-state index contributed by atoms with van der Waals surface area (Å²) in [5.41, 5.74) is 2.73. The lowest BCUT2D eigenvalue weighted by atomic mass is 10.0. The highest BCUT2D eigenvalue weighted by molar-refractivity contribution is 5.64. The fourth-order valence-electron chi connectivity index (χ4n) is 1.33. The Morgan fingerprint density at radius 1 is 1.07 bits per heavy atom. The van der Waals surface area contributed by atoms with Crippen LogP contribution >= 0.6 is 0 Å². The standard InChI is InChI=1S/C13H8N/c14-10-11-5-4-8-13(9-11)12-6-2-1-3-7-12/h1-6,8-9H. The van der Waals surface area contributed by atoms with Crippen LogP contribution in [-0.2, 0) is 0 Å². The lowest BCUT2D eigenvalue weighted by Crippen LogP contribution is -1.79. The summed E-state index contributed by atoms with van der Waals surface area (Å²) in [7, 11) is 0. The molecule has 2 aromatic carbocycles. The second-order valence-electron chi connectivity index (χ2n) is 2.97. The molecular weight excluding hydrogens is 170 g/mol. The van der Waals surface area contributed by atoms with E-state index in [0.717, 1.165) is 11.1 Å². The molecule has 0 unspecified atom stereocenters. The molecule has 2 rings (SSSR count). The Bertz CT molecular complexity index is 466. The second-order valence-corrected chi connectivity index (χ2v) is 2.97. The van der Waals surface area contributed by atoms with Crippen LogP contribution in [0.25, 0.3) is 11.1 Å². The topological polar surface area (TPSA) is 23.8 Å². The predicted molar refractivity (Wildman–Crippen MR) is 55.4 cm³/mol. The molecule has 0 fully saturated rings. The van der Waals surface area contributed by atoms with Crippen LogP contribution in [0, 0.1) is 17.4 Å². The van der Waals surface area contributed by atoms with Gasteiger partial charge in [0.1, 0.15) is 0 Å². The van der Waals surface area contributed by atoms with Crippen LogP contribution in [0.2, 0.25) is 0 Å². The number of hydrogen-bond donors (Lipinski definition) is 0. The van der Waals surface area contributed by atoms with E-state index in [9.17, 15) is 0 Å². The van der Waals surface area contributed by atoms with Gasteiger partial charge in [-0.05, 0) is 29.3 Å². The van der Waals surface area contributed by atoms with Crippen molar-refractivity contribution >= 4 is 0 Å². The summed E-state index contributed by atoms with van der Waals surface area (Å²) in [5.74, 6) is 0. The van der Waals surface area contributed by atoms with Crippen molar-refractivity contribution in [3.8, 4) is 17.2 Å². The second kappa shape index (κ2) is 3.76. The Kier molecular flexibility index (Phi) is 2.29. The van der Waals surface area contributed by atoms with Crippen molar-refractivity contribution in [2.24, 2.45) is 0 Å². The third-order valence-electron chi connectivity index (χ3n) is 2.01. The molecule has 1 heteroatoms. The molecule has 0 aliphatic rings. The predicted octanol–water partition coefficient (Wildman–Crippen LogP) is 3.03. The quantitative estimate of drug-likeness (QED) is 0.658. The van der Waals surface area contributed by atoms with Crippen LogP contribution in [0.5, 0.6) is 0 Å². The molecule has 65 valence electrons. The zero-order chi connectivity index (χ0) is 9.80. The number of benzene rings is 2. The van der Waals surface area contributed by atoms with E-state index in [1.807, 2.05) is 42.5 Å². The van der Waals surface area contributed by atoms with E-state index in [0.29, 0.717) is 5.56 Å². The van der Waals surface area contributed by atoms with Gasteiger partial charge in [0.05, 0.1) is 11.6 Å². The molecule has 0 heterocycles. The first-order valence-electron chi connectivity index (χ1n) is 4.37. The zero-order valence-corrected chi connectivity index (χ0v) is 7.57. The average Bonchev–Trinajstić information content (AvgIpc) is 2.30. The van der Waals surface area contributed by atoms with Crippen LogP contribution in [0.1, 0.15) is 5.56 Å². The zero-order valence-electron chi connectivity index (χ0n) is 7.57. The van der Waals surface area contributed by atoms with Crippen molar-refractivity contribution in [2.45, 2.75) is 0 Å². The first-order chi connectivity index (χ1) is 6.90. The summed E-state index contributed by atoms with van der Waals surface area (Å²) in [5, 5.41) is 8.75. The van der Waals surface area contributed by atoms with Crippen molar-refractivity contribution in [1.29, 1.82) is 5.26 Å². The fraction of sp³-hybridized carbons (Fsp3) is 0. The summed E-state index contributed by atoms with van der Waals surface area (Å²) >= 11 is 0. The van der Waals surface area contributed by atoms with Gasteiger partial charge in [-0.15, -0.1) is 0 Å². The molecule has 2 aromatic rings. The van der Waals surface area contributed by atoms with Crippen molar-refractivity contribution in [3.63, 3.8) is 0 Å². The maximum absolute atomic E-state index is 8.75. The van der Waals surface area contributed by atoms with Gasteiger partial charge in [-0.25, -0.2) is 0 Å². The minimum absolute atomic E-state index is 0.680. The van der Waals surface area contributed by atoms with Crippen LogP contribution in [0.4, 0.5) is 0 Å². The Morgan fingerprint density at radius 3 is 2.71 bits per heavy atom. The first kappa shape index (κ1) is 8.52. The van der Waals surface area contributed by atoms with Crippen LogP contribution < -0.4 is 0 Å². The summed E-state index contributed by atoms with van der Waals surface area (Å²) < 4.78 is 0. The van der Waals surface area contributed by atoms with Gasteiger partial charge < -0.3 is 0 Å². The van der Waals surface area contributed by atoms with Crippen molar-refractivity contribution in [1.82, 2.24) is 0 Å². The number of hydrogen-bond acceptors (Lipinski definition) is 1. The summed E-state index contributed by atoms with van der Waals surface area (Å²) in [6.45, 7) is 0. The van der Waals surface area contributed by atoms with E-state index in [4.69, 9.17) is 5.26 Å². The van der Waals surface area contributed by atoms with Gasteiger partial charge in [0.15, 0.2) is 0 Å².